The van der Waals surface area contributed by atoms with Gasteiger partial charge in [-0.3, -0.25) is 0 Å². The number of nitrogens with two attached hydrogens (primary N) is 1. The average molecular weight is 387 g/mol. The maximum Gasteiger partial charge on any atom is 0.141 e. The van der Waals surface area contributed by atoms with Crippen LogP contribution in [0, 0.1) is 5.41 Å². The minimum absolute atomic E-state index is 0.174. The van der Waals surface area contributed by atoms with Gasteiger partial charge >= 0.3 is 0 Å². The summed E-state index contributed by atoms with van der Waals surface area (Å²) in [6, 6.07) is 7.93. The van der Waals surface area contributed by atoms with Crippen LogP contribution in [0.4, 0.5) is 5.82 Å². The van der Waals surface area contributed by atoms with Crippen LogP contribution in [0.1, 0.15) is 26.5 Å². The van der Waals surface area contributed by atoms with Crippen molar-refractivity contribution in [3.8, 4) is 5.69 Å². The molecule has 0 saturated heterocycles. The molecule has 0 bridgehead atoms. The summed E-state index contributed by atoms with van der Waals surface area (Å²) in [7, 11) is 0. The first-order valence-corrected chi connectivity index (χ1v) is 7.65. The van der Waals surface area contributed by atoms with E-state index in [2.05, 4.69) is 57.7 Å². The van der Waals surface area contributed by atoms with Crippen LogP contribution >= 0.6 is 31.9 Å². The predicted molar refractivity (Wildman–Crippen MR) is 86.5 cm³/mol. The second-order valence-electron chi connectivity index (χ2n) is 5.77. The maximum absolute atomic E-state index is 6.13. The molecule has 0 unspecified atom stereocenters. The van der Waals surface area contributed by atoms with Crippen LogP contribution in [-0.2, 0) is 6.42 Å². The summed E-state index contributed by atoms with van der Waals surface area (Å²) in [5, 5.41) is 4.62. The highest BCUT2D eigenvalue weighted by atomic mass is 79.9. The molecule has 0 radical (unpaired) electrons. The van der Waals surface area contributed by atoms with E-state index >= 15 is 0 Å². The van der Waals surface area contributed by atoms with Crippen molar-refractivity contribution < 1.29 is 0 Å². The SMILES string of the molecule is CC(C)(C)Cc1nn(-c2ccc(Br)cc2)c(N)c1Br. The summed E-state index contributed by atoms with van der Waals surface area (Å²) in [5.74, 6) is 0.640. The molecule has 102 valence electrons. The third-order valence-corrected chi connectivity index (χ3v) is 4.09. The first-order valence-electron chi connectivity index (χ1n) is 6.07. The Balaban J connectivity index is 2.43. The smallest absolute Gasteiger partial charge is 0.141 e. The van der Waals surface area contributed by atoms with Crippen molar-refractivity contribution in [1.82, 2.24) is 9.78 Å². The van der Waals surface area contributed by atoms with Crippen LogP contribution in [0.3, 0.4) is 0 Å². The molecule has 0 aliphatic carbocycles. The topological polar surface area (TPSA) is 43.8 Å². The number of nitrogens with zero attached hydrogens (tertiary/aromatic N) is 2. The van der Waals surface area contributed by atoms with Crippen molar-refractivity contribution in [1.29, 1.82) is 0 Å². The van der Waals surface area contributed by atoms with Gasteiger partial charge < -0.3 is 5.73 Å². The summed E-state index contributed by atoms with van der Waals surface area (Å²) in [6.45, 7) is 6.57. The second kappa shape index (κ2) is 5.29. The normalized spacial score (nSPS) is 11.8. The Morgan fingerprint density at radius 1 is 1.16 bits per heavy atom. The lowest BCUT2D eigenvalue weighted by molar-refractivity contribution is 0.404. The maximum atomic E-state index is 6.13. The largest absolute Gasteiger partial charge is 0.383 e. The van der Waals surface area contributed by atoms with E-state index in [0.717, 1.165) is 26.7 Å². The second-order valence-corrected chi connectivity index (χ2v) is 7.48. The number of benzene rings is 1. The molecule has 1 aromatic heterocycles. The van der Waals surface area contributed by atoms with Gasteiger partial charge in [-0.2, -0.15) is 5.10 Å². The highest BCUT2D eigenvalue weighted by Gasteiger charge is 2.20. The molecule has 0 atom stereocenters. The zero-order valence-electron chi connectivity index (χ0n) is 11.2. The molecule has 19 heavy (non-hydrogen) atoms. The van der Waals surface area contributed by atoms with Crippen molar-refractivity contribution in [2.45, 2.75) is 27.2 Å². The van der Waals surface area contributed by atoms with Crippen LogP contribution < -0.4 is 5.73 Å². The molecule has 5 heteroatoms. The van der Waals surface area contributed by atoms with Crippen LogP contribution in [0.15, 0.2) is 33.2 Å². The van der Waals surface area contributed by atoms with Gasteiger partial charge in [0.15, 0.2) is 0 Å². The van der Waals surface area contributed by atoms with Gasteiger partial charge in [0.1, 0.15) is 5.82 Å². The van der Waals surface area contributed by atoms with Gasteiger partial charge in [-0.25, -0.2) is 4.68 Å². The van der Waals surface area contributed by atoms with Gasteiger partial charge in [-0.05, 0) is 52.0 Å². The molecule has 0 fully saturated rings. The molecular weight excluding hydrogens is 370 g/mol. The number of halogens is 2. The zero-order chi connectivity index (χ0) is 14.2. The molecule has 3 nitrogen and oxygen atoms in total. The highest BCUT2D eigenvalue weighted by molar-refractivity contribution is 9.11. The van der Waals surface area contributed by atoms with E-state index in [4.69, 9.17) is 5.73 Å². The van der Waals surface area contributed by atoms with Gasteiger partial charge in [0.2, 0.25) is 0 Å². The molecule has 2 N–H and O–H groups in total. The van der Waals surface area contributed by atoms with Crippen molar-refractivity contribution in [2.75, 3.05) is 5.73 Å². The third-order valence-electron chi connectivity index (χ3n) is 2.70. The monoisotopic (exact) mass is 385 g/mol. The third kappa shape index (κ3) is 3.39. The van der Waals surface area contributed by atoms with E-state index in [1.165, 1.54) is 0 Å². The summed E-state index contributed by atoms with van der Waals surface area (Å²) in [6.07, 6.45) is 0.876. The Morgan fingerprint density at radius 3 is 2.26 bits per heavy atom. The summed E-state index contributed by atoms with van der Waals surface area (Å²) in [5.41, 5.74) is 8.26. The molecule has 1 heterocycles. The van der Waals surface area contributed by atoms with Gasteiger partial charge in [0, 0.05) is 4.47 Å². The Morgan fingerprint density at radius 2 is 1.74 bits per heavy atom. The minimum Gasteiger partial charge on any atom is -0.383 e. The fourth-order valence-corrected chi connectivity index (χ4v) is 2.51. The summed E-state index contributed by atoms with van der Waals surface area (Å²) < 4.78 is 3.71. The van der Waals surface area contributed by atoms with E-state index in [1.807, 2.05) is 24.3 Å². The predicted octanol–water partition coefficient (Wildman–Crippen LogP) is 4.57. The number of anilines is 1. The summed E-state index contributed by atoms with van der Waals surface area (Å²) >= 11 is 6.97. The number of hydrogen-bond acceptors (Lipinski definition) is 2. The van der Waals surface area contributed by atoms with Crippen LogP contribution in [0.5, 0.6) is 0 Å². The molecule has 0 aliphatic rings. The number of nitrogen functional groups attached to an aromatic ring is 1. The van der Waals surface area contributed by atoms with Crippen molar-refractivity contribution in [3.05, 3.63) is 38.9 Å². The molecule has 0 spiro atoms. The molecule has 0 saturated carbocycles. The Hall–Kier alpha value is -0.810. The molecule has 2 aromatic rings. The number of aromatic nitrogens is 2. The Kier molecular flexibility index (Phi) is 4.06. The lowest BCUT2D eigenvalue weighted by atomic mass is 9.91. The van der Waals surface area contributed by atoms with Gasteiger partial charge in [0.25, 0.3) is 0 Å². The van der Waals surface area contributed by atoms with Crippen molar-refractivity contribution in [2.24, 2.45) is 5.41 Å². The summed E-state index contributed by atoms with van der Waals surface area (Å²) in [4.78, 5) is 0. The van der Waals surface area contributed by atoms with Crippen molar-refractivity contribution in [3.63, 3.8) is 0 Å². The van der Waals surface area contributed by atoms with E-state index in [9.17, 15) is 0 Å². The minimum atomic E-state index is 0.174. The Labute approximate surface area is 130 Å². The molecule has 1 aromatic carbocycles. The van der Waals surface area contributed by atoms with Crippen LogP contribution in [0.25, 0.3) is 5.69 Å². The fourth-order valence-electron chi connectivity index (χ4n) is 1.85. The van der Waals surface area contributed by atoms with Gasteiger partial charge in [-0.1, -0.05) is 36.7 Å². The van der Waals surface area contributed by atoms with Crippen LogP contribution in [-0.4, -0.2) is 9.78 Å². The number of hydrogen-bond donors (Lipinski definition) is 1. The molecular formula is C14H17Br2N3. The average Bonchev–Trinajstić information content (AvgIpc) is 2.57. The quantitative estimate of drug-likeness (QED) is 0.821. The zero-order valence-corrected chi connectivity index (χ0v) is 14.4. The van der Waals surface area contributed by atoms with E-state index in [1.54, 1.807) is 4.68 Å². The van der Waals surface area contributed by atoms with E-state index in [0.29, 0.717) is 5.82 Å². The van der Waals surface area contributed by atoms with Gasteiger partial charge in [0.05, 0.1) is 15.9 Å². The Bertz CT molecular complexity index is 580. The lowest BCUT2D eigenvalue weighted by Crippen LogP contribution is -2.10. The van der Waals surface area contributed by atoms with Crippen molar-refractivity contribution >= 4 is 37.7 Å². The highest BCUT2D eigenvalue weighted by Crippen LogP contribution is 2.31. The number of rotatable bonds is 2. The lowest BCUT2D eigenvalue weighted by Gasteiger charge is -2.16. The fraction of sp³-hybridized carbons (Fsp3) is 0.357. The molecule has 2 rings (SSSR count). The van der Waals surface area contributed by atoms with E-state index < -0.39 is 0 Å². The van der Waals surface area contributed by atoms with Crippen LogP contribution in [0.2, 0.25) is 0 Å². The first-order chi connectivity index (χ1) is 8.78. The molecule has 0 aliphatic heterocycles. The first kappa shape index (κ1) is 14.6. The standard InChI is InChI=1S/C14H17Br2N3/c1-14(2,3)8-11-12(16)13(17)19(18-11)10-6-4-9(15)5-7-10/h4-7H,8,17H2,1-3H3. The molecule has 0 amide bonds. The van der Waals surface area contributed by atoms with E-state index in [-0.39, 0.29) is 5.41 Å². The van der Waals surface area contributed by atoms with Gasteiger partial charge in [-0.15, -0.1) is 0 Å².